The van der Waals surface area contributed by atoms with Gasteiger partial charge in [0.25, 0.3) is 0 Å². The highest BCUT2D eigenvalue weighted by Crippen LogP contribution is 2.24. The maximum atomic E-state index is 11.0. The molecular formula is C16H17NO4. The van der Waals surface area contributed by atoms with E-state index in [2.05, 4.69) is 4.90 Å². The van der Waals surface area contributed by atoms with E-state index in [1.807, 2.05) is 24.3 Å². The fourth-order valence-corrected chi connectivity index (χ4v) is 2.57. The number of aromatic carboxylic acids is 1. The Morgan fingerprint density at radius 1 is 1.38 bits per heavy atom. The highest BCUT2D eigenvalue weighted by atomic mass is 16.5. The highest BCUT2D eigenvalue weighted by Gasteiger charge is 2.19. The van der Waals surface area contributed by atoms with E-state index in [1.54, 1.807) is 13.0 Å². The molecule has 5 heteroatoms. The number of carbonyl (C=O) groups is 1. The van der Waals surface area contributed by atoms with Crippen LogP contribution >= 0.6 is 0 Å². The van der Waals surface area contributed by atoms with Gasteiger partial charge in [0.1, 0.15) is 18.1 Å². The third-order valence-corrected chi connectivity index (χ3v) is 3.57. The molecule has 0 atom stereocenters. The predicted molar refractivity (Wildman–Crippen MR) is 76.5 cm³/mol. The lowest BCUT2D eigenvalue weighted by atomic mass is 10.2. The number of furan rings is 1. The molecule has 0 saturated heterocycles. The minimum absolute atomic E-state index is 0.0245. The molecule has 0 fully saturated rings. The Labute approximate surface area is 122 Å². The standard InChI is InChI=1S/C16H17NO4/c1-11-8-13(21-15(11)16(18)19)10-17-6-7-20-14-5-3-2-4-12(14)9-17/h2-5,8H,6-7,9-10H2,1H3,(H,18,19). The van der Waals surface area contributed by atoms with Gasteiger partial charge in [-0.3, -0.25) is 4.90 Å². The zero-order chi connectivity index (χ0) is 14.8. The second-order valence-corrected chi connectivity index (χ2v) is 5.20. The maximum absolute atomic E-state index is 11.0. The molecule has 1 aliphatic heterocycles. The molecule has 1 N–H and O–H groups in total. The first-order valence-electron chi connectivity index (χ1n) is 6.89. The van der Waals surface area contributed by atoms with Gasteiger partial charge in [0.2, 0.25) is 5.76 Å². The lowest BCUT2D eigenvalue weighted by Gasteiger charge is -2.17. The first-order chi connectivity index (χ1) is 10.1. The molecule has 1 aromatic heterocycles. The Balaban J connectivity index is 1.76. The molecule has 0 amide bonds. The lowest BCUT2D eigenvalue weighted by Crippen LogP contribution is -2.25. The minimum atomic E-state index is -1.02. The first-order valence-corrected chi connectivity index (χ1v) is 6.89. The summed E-state index contributed by atoms with van der Waals surface area (Å²) in [5.74, 6) is 0.589. The monoisotopic (exact) mass is 287 g/mol. The molecule has 0 aliphatic carbocycles. The number of rotatable bonds is 3. The number of para-hydroxylation sites is 1. The van der Waals surface area contributed by atoms with Crippen LogP contribution in [0, 0.1) is 6.92 Å². The van der Waals surface area contributed by atoms with Crippen LogP contribution in [0.3, 0.4) is 0 Å². The zero-order valence-corrected chi connectivity index (χ0v) is 11.8. The molecule has 21 heavy (non-hydrogen) atoms. The van der Waals surface area contributed by atoms with Crippen molar-refractivity contribution in [3.05, 3.63) is 53.0 Å². The summed E-state index contributed by atoms with van der Waals surface area (Å²) < 4.78 is 11.1. The summed E-state index contributed by atoms with van der Waals surface area (Å²) in [6, 6.07) is 9.76. The number of hydrogen-bond acceptors (Lipinski definition) is 4. The van der Waals surface area contributed by atoms with Gasteiger partial charge >= 0.3 is 5.97 Å². The number of nitrogens with zero attached hydrogens (tertiary/aromatic N) is 1. The fraction of sp³-hybridized carbons (Fsp3) is 0.312. The van der Waals surface area contributed by atoms with Crippen LogP contribution in [-0.4, -0.2) is 29.1 Å². The third kappa shape index (κ3) is 2.92. The van der Waals surface area contributed by atoms with Crippen molar-refractivity contribution in [3.8, 4) is 5.75 Å². The van der Waals surface area contributed by atoms with Crippen molar-refractivity contribution in [3.63, 3.8) is 0 Å². The van der Waals surface area contributed by atoms with E-state index in [0.29, 0.717) is 24.5 Å². The van der Waals surface area contributed by atoms with Crippen molar-refractivity contribution < 1.29 is 19.1 Å². The van der Waals surface area contributed by atoms with Gasteiger partial charge in [-0.15, -0.1) is 0 Å². The summed E-state index contributed by atoms with van der Waals surface area (Å²) in [6.07, 6.45) is 0. The van der Waals surface area contributed by atoms with Gasteiger partial charge in [0.15, 0.2) is 0 Å². The van der Waals surface area contributed by atoms with E-state index in [1.165, 1.54) is 0 Å². The Hall–Kier alpha value is -2.27. The Morgan fingerprint density at radius 2 is 2.19 bits per heavy atom. The van der Waals surface area contributed by atoms with Crippen LogP contribution < -0.4 is 4.74 Å². The van der Waals surface area contributed by atoms with Crippen molar-refractivity contribution in [2.75, 3.05) is 13.2 Å². The summed E-state index contributed by atoms with van der Waals surface area (Å²) in [7, 11) is 0. The molecule has 1 aromatic carbocycles. The van der Waals surface area contributed by atoms with E-state index in [4.69, 9.17) is 14.3 Å². The highest BCUT2D eigenvalue weighted by molar-refractivity contribution is 5.86. The molecule has 1 aliphatic rings. The van der Waals surface area contributed by atoms with E-state index in [-0.39, 0.29) is 5.76 Å². The van der Waals surface area contributed by atoms with Gasteiger partial charge in [-0.2, -0.15) is 0 Å². The molecule has 3 rings (SSSR count). The molecular weight excluding hydrogens is 270 g/mol. The van der Waals surface area contributed by atoms with Crippen LogP contribution in [0.25, 0.3) is 0 Å². The Kier molecular flexibility index (Phi) is 3.66. The number of ether oxygens (including phenoxy) is 1. The SMILES string of the molecule is Cc1cc(CN2CCOc3ccccc3C2)oc1C(=O)O. The second-order valence-electron chi connectivity index (χ2n) is 5.20. The smallest absolute Gasteiger partial charge is 0.372 e. The normalized spacial score (nSPS) is 15.1. The average Bonchev–Trinajstić information content (AvgIpc) is 2.69. The first kappa shape index (κ1) is 13.7. The summed E-state index contributed by atoms with van der Waals surface area (Å²) in [5, 5.41) is 9.03. The van der Waals surface area contributed by atoms with E-state index >= 15 is 0 Å². The number of hydrogen-bond donors (Lipinski definition) is 1. The molecule has 2 aromatic rings. The summed E-state index contributed by atoms with van der Waals surface area (Å²) in [6.45, 7) is 4.47. The number of carboxylic acids is 1. The van der Waals surface area contributed by atoms with Crippen LogP contribution in [0.4, 0.5) is 0 Å². The number of carboxylic acid groups (broad SMARTS) is 1. The fourth-order valence-electron chi connectivity index (χ4n) is 2.57. The largest absolute Gasteiger partial charge is 0.492 e. The van der Waals surface area contributed by atoms with Crippen molar-refractivity contribution >= 4 is 5.97 Å². The molecule has 0 spiro atoms. The molecule has 0 radical (unpaired) electrons. The third-order valence-electron chi connectivity index (χ3n) is 3.57. The Morgan fingerprint density at radius 3 is 2.95 bits per heavy atom. The van der Waals surface area contributed by atoms with Crippen molar-refractivity contribution in [1.82, 2.24) is 4.90 Å². The van der Waals surface area contributed by atoms with Gasteiger partial charge in [0.05, 0.1) is 6.54 Å². The molecule has 5 nitrogen and oxygen atoms in total. The van der Waals surface area contributed by atoms with Gasteiger partial charge < -0.3 is 14.3 Å². The average molecular weight is 287 g/mol. The summed E-state index contributed by atoms with van der Waals surface area (Å²) in [5.41, 5.74) is 1.79. The van der Waals surface area contributed by atoms with E-state index in [9.17, 15) is 4.79 Å². The van der Waals surface area contributed by atoms with Gasteiger partial charge in [-0.1, -0.05) is 18.2 Å². The van der Waals surface area contributed by atoms with Gasteiger partial charge in [-0.25, -0.2) is 4.79 Å². The number of aryl methyl sites for hydroxylation is 1. The minimum Gasteiger partial charge on any atom is -0.492 e. The lowest BCUT2D eigenvalue weighted by molar-refractivity contribution is 0.0656. The van der Waals surface area contributed by atoms with Crippen LogP contribution in [0.5, 0.6) is 5.75 Å². The summed E-state index contributed by atoms with van der Waals surface area (Å²) >= 11 is 0. The van der Waals surface area contributed by atoms with Crippen LogP contribution in [-0.2, 0) is 13.1 Å². The Bertz CT molecular complexity index is 662. The number of fused-ring (bicyclic) bond motifs is 1. The van der Waals surface area contributed by atoms with Gasteiger partial charge in [-0.05, 0) is 19.1 Å². The van der Waals surface area contributed by atoms with E-state index < -0.39 is 5.97 Å². The molecule has 2 heterocycles. The van der Waals surface area contributed by atoms with Crippen LogP contribution in [0.2, 0.25) is 0 Å². The van der Waals surface area contributed by atoms with E-state index in [0.717, 1.165) is 24.4 Å². The van der Waals surface area contributed by atoms with Crippen LogP contribution in [0.1, 0.15) is 27.4 Å². The topological polar surface area (TPSA) is 62.9 Å². The van der Waals surface area contributed by atoms with Crippen molar-refractivity contribution in [2.45, 2.75) is 20.0 Å². The summed E-state index contributed by atoms with van der Waals surface area (Å²) in [4.78, 5) is 13.2. The zero-order valence-electron chi connectivity index (χ0n) is 11.8. The molecule has 0 unspecified atom stereocenters. The van der Waals surface area contributed by atoms with Crippen LogP contribution in [0.15, 0.2) is 34.7 Å². The quantitative estimate of drug-likeness (QED) is 0.940. The van der Waals surface area contributed by atoms with Gasteiger partial charge in [0, 0.05) is 24.2 Å². The second kappa shape index (κ2) is 5.61. The van der Waals surface area contributed by atoms with Crippen molar-refractivity contribution in [2.24, 2.45) is 0 Å². The molecule has 0 bridgehead atoms. The molecule has 0 saturated carbocycles. The maximum Gasteiger partial charge on any atom is 0.372 e. The van der Waals surface area contributed by atoms with Crippen molar-refractivity contribution in [1.29, 1.82) is 0 Å². The predicted octanol–water partition coefficient (Wildman–Crippen LogP) is 2.68. The number of benzene rings is 1. The molecule has 110 valence electrons.